The topological polar surface area (TPSA) is 80.2 Å². The van der Waals surface area contributed by atoms with Crippen LogP contribution in [-0.4, -0.2) is 94.7 Å². The summed E-state index contributed by atoms with van der Waals surface area (Å²) in [5, 5.41) is 10.9. The van der Waals surface area contributed by atoms with Crippen LogP contribution >= 0.6 is 23.2 Å². The number of urea groups is 1. The molecule has 1 atom stereocenters. The zero-order chi connectivity index (χ0) is 23.9. The number of aromatic nitrogens is 1. The molecule has 3 saturated heterocycles. The Hall–Kier alpha value is -1.77. The molecule has 1 saturated carbocycles. The van der Waals surface area contributed by atoms with Crippen molar-refractivity contribution >= 4 is 40.8 Å². The van der Waals surface area contributed by atoms with E-state index in [1.807, 2.05) is 9.80 Å². The number of pyridine rings is 1. The zero-order valence-corrected chi connectivity index (χ0v) is 21.0. The van der Waals surface area contributed by atoms with Gasteiger partial charge >= 0.3 is 6.03 Å². The molecule has 1 aromatic rings. The highest BCUT2D eigenvalue weighted by Crippen LogP contribution is 2.43. The van der Waals surface area contributed by atoms with Crippen LogP contribution in [0.3, 0.4) is 0 Å². The first kappa shape index (κ1) is 23.9. The summed E-state index contributed by atoms with van der Waals surface area (Å²) in [6.07, 6.45) is 8.78. The van der Waals surface area contributed by atoms with Crippen molar-refractivity contribution < 1.29 is 14.7 Å². The van der Waals surface area contributed by atoms with Crippen LogP contribution in [0.1, 0.15) is 44.9 Å². The summed E-state index contributed by atoms with van der Waals surface area (Å²) in [7, 11) is 0. The lowest BCUT2D eigenvalue weighted by Gasteiger charge is -2.43. The minimum atomic E-state index is -0.441. The minimum absolute atomic E-state index is 0.0256. The number of piperidine rings is 1. The molecule has 1 aliphatic carbocycles. The Morgan fingerprint density at radius 3 is 2.29 bits per heavy atom. The third kappa shape index (κ3) is 4.44. The summed E-state index contributed by atoms with van der Waals surface area (Å²) in [6, 6.07) is 0.263. The van der Waals surface area contributed by atoms with Gasteiger partial charge in [0.1, 0.15) is 0 Å². The lowest BCUT2D eigenvalue weighted by atomic mass is 9.78. The second-order valence-electron chi connectivity index (χ2n) is 10.2. The number of hydrogen-bond donors (Lipinski definition) is 1. The molecule has 1 aromatic heterocycles. The van der Waals surface area contributed by atoms with Gasteiger partial charge in [0.15, 0.2) is 0 Å². The number of carbonyl (C=O) groups is 2. The Balaban J connectivity index is 1.20. The van der Waals surface area contributed by atoms with Crippen LogP contribution in [0.15, 0.2) is 12.4 Å². The highest BCUT2D eigenvalue weighted by atomic mass is 35.5. The molecule has 0 aromatic carbocycles. The van der Waals surface area contributed by atoms with Crippen LogP contribution in [0.4, 0.5) is 10.5 Å². The summed E-state index contributed by atoms with van der Waals surface area (Å²) >= 11 is 12.6. The van der Waals surface area contributed by atoms with E-state index in [0.29, 0.717) is 49.3 Å². The van der Waals surface area contributed by atoms with Gasteiger partial charge in [-0.3, -0.25) is 9.78 Å². The first-order valence-corrected chi connectivity index (χ1v) is 13.2. The molecule has 1 unspecified atom stereocenters. The van der Waals surface area contributed by atoms with Gasteiger partial charge in [-0.2, -0.15) is 0 Å². The number of halogens is 2. The fourth-order valence-electron chi connectivity index (χ4n) is 6.27. The van der Waals surface area contributed by atoms with Gasteiger partial charge in [-0.25, -0.2) is 4.79 Å². The van der Waals surface area contributed by atoms with Crippen molar-refractivity contribution in [3.63, 3.8) is 0 Å². The second kappa shape index (κ2) is 9.70. The average molecular weight is 510 g/mol. The molecule has 3 amide bonds. The third-order valence-electron chi connectivity index (χ3n) is 8.19. The Kier molecular flexibility index (Phi) is 6.84. The maximum Gasteiger partial charge on any atom is 0.320 e. The summed E-state index contributed by atoms with van der Waals surface area (Å²) in [6.45, 7) is 4.45. The lowest BCUT2D eigenvalue weighted by Crippen LogP contribution is -2.57. The van der Waals surface area contributed by atoms with E-state index < -0.39 is 5.41 Å². The first-order chi connectivity index (χ1) is 16.4. The summed E-state index contributed by atoms with van der Waals surface area (Å²) in [5.41, 5.74) is 0.332. The first-order valence-electron chi connectivity index (χ1n) is 12.4. The molecule has 4 fully saturated rings. The predicted octanol–water partition coefficient (Wildman–Crippen LogP) is 3.25. The van der Waals surface area contributed by atoms with E-state index in [4.69, 9.17) is 23.2 Å². The van der Waals surface area contributed by atoms with Crippen LogP contribution in [0.5, 0.6) is 0 Å². The number of carbonyl (C=O) groups excluding carboxylic acids is 2. The van der Waals surface area contributed by atoms with Gasteiger partial charge in [-0.1, -0.05) is 23.2 Å². The Bertz CT molecular complexity index is 913. The quantitative estimate of drug-likeness (QED) is 0.661. The third-order valence-corrected chi connectivity index (χ3v) is 8.75. The van der Waals surface area contributed by atoms with Gasteiger partial charge in [0, 0.05) is 64.2 Å². The van der Waals surface area contributed by atoms with Crippen molar-refractivity contribution in [2.75, 3.05) is 50.7 Å². The highest BCUT2D eigenvalue weighted by molar-refractivity contribution is 6.38. The largest absolute Gasteiger partial charge is 0.393 e. The molecule has 0 radical (unpaired) electrons. The molecule has 4 aliphatic rings. The number of rotatable bonds is 2. The van der Waals surface area contributed by atoms with E-state index in [1.165, 1.54) is 0 Å². The smallest absolute Gasteiger partial charge is 0.320 e. The fraction of sp³-hybridized carbons (Fsp3) is 0.708. The maximum atomic E-state index is 13.5. The van der Waals surface area contributed by atoms with E-state index in [9.17, 15) is 14.7 Å². The number of likely N-dealkylation sites (tertiary alicyclic amines) is 2. The second-order valence-corrected chi connectivity index (χ2v) is 11.0. The van der Waals surface area contributed by atoms with Crippen molar-refractivity contribution in [1.82, 2.24) is 19.7 Å². The zero-order valence-electron chi connectivity index (χ0n) is 19.5. The van der Waals surface area contributed by atoms with Gasteiger partial charge in [0.2, 0.25) is 5.91 Å². The molecular weight excluding hydrogens is 477 g/mol. The molecule has 8 nitrogen and oxygen atoms in total. The van der Waals surface area contributed by atoms with E-state index in [0.717, 1.165) is 57.2 Å². The van der Waals surface area contributed by atoms with Crippen LogP contribution in [0, 0.1) is 5.41 Å². The molecule has 186 valence electrons. The van der Waals surface area contributed by atoms with Crippen LogP contribution in [-0.2, 0) is 4.79 Å². The molecule has 1 N–H and O–H groups in total. The normalized spacial score (nSPS) is 30.4. The fourth-order valence-corrected chi connectivity index (χ4v) is 6.87. The standard InChI is InChI=1S/C24H33Cl2N5O3/c25-19-14-27-15-20(26)21(19)28-10-12-29(13-11-28)23(34)30-8-1-6-24(16-30)7-9-31(22(24)33)17-2-4-18(32)5-3-17/h14-15,17-18,32H,1-13,16H2. The van der Waals surface area contributed by atoms with Crippen molar-refractivity contribution in [3.8, 4) is 0 Å². The van der Waals surface area contributed by atoms with Crippen LogP contribution in [0.2, 0.25) is 10.0 Å². The molecule has 10 heteroatoms. The van der Waals surface area contributed by atoms with Crippen molar-refractivity contribution in [1.29, 1.82) is 0 Å². The molecular formula is C24H33Cl2N5O3. The van der Waals surface area contributed by atoms with E-state index in [2.05, 4.69) is 14.8 Å². The highest BCUT2D eigenvalue weighted by Gasteiger charge is 2.51. The Morgan fingerprint density at radius 2 is 1.62 bits per heavy atom. The van der Waals surface area contributed by atoms with Gasteiger partial charge in [0.25, 0.3) is 0 Å². The molecule has 1 spiro atoms. The van der Waals surface area contributed by atoms with Crippen molar-refractivity contribution in [2.45, 2.75) is 57.1 Å². The summed E-state index contributed by atoms with van der Waals surface area (Å²) in [5.74, 6) is 0.221. The van der Waals surface area contributed by atoms with E-state index >= 15 is 0 Å². The van der Waals surface area contributed by atoms with E-state index in [1.54, 1.807) is 12.4 Å². The number of hydrogen-bond acceptors (Lipinski definition) is 5. The van der Waals surface area contributed by atoms with Gasteiger partial charge in [0.05, 0.1) is 27.3 Å². The predicted molar refractivity (Wildman–Crippen MR) is 131 cm³/mol. The molecule has 3 aliphatic heterocycles. The Morgan fingerprint density at radius 1 is 0.941 bits per heavy atom. The number of nitrogens with zero attached hydrogens (tertiary/aromatic N) is 5. The summed E-state index contributed by atoms with van der Waals surface area (Å²) in [4.78, 5) is 38.9. The summed E-state index contributed by atoms with van der Waals surface area (Å²) < 4.78 is 0. The Labute approximate surface area is 210 Å². The molecule has 5 rings (SSSR count). The number of aliphatic hydroxyl groups is 1. The van der Waals surface area contributed by atoms with Crippen molar-refractivity contribution in [2.24, 2.45) is 5.41 Å². The monoisotopic (exact) mass is 509 g/mol. The number of piperazine rings is 1. The molecule has 0 bridgehead atoms. The van der Waals surface area contributed by atoms with Gasteiger partial charge in [-0.15, -0.1) is 0 Å². The molecule has 4 heterocycles. The number of aliphatic hydroxyl groups excluding tert-OH is 1. The SMILES string of the molecule is O=C(N1CCN(c2c(Cl)cncc2Cl)CC1)N1CCCC2(CCN(C3CCC(O)CC3)C2=O)C1. The maximum absolute atomic E-state index is 13.5. The number of amides is 3. The van der Waals surface area contributed by atoms with Crippen LogP contribution < -0.4 is 4.90 Å². The number of anilines is 1. The average Bonchev–Trinajstić information content (AvgIpc) is 3.14. The van der Waals surface area contributed by atoms with Crippen LogP contribution in [0.25, 0.3) is 0 Å². The lowest BCUT2D eigenvalue weighted by molar-refractivity contribution is -0.141. The van der Waals surface area contributed by atoms with E-state index in [-0.39, 0.29) is 24.1 Å². The van der Waals surface area contributed by atoms with Gasteiger partial charge in [-0.05, 0) is 44.9 Å². The minimum Gasteiger partial charge on any atom is -0.393 e. The van der Waals surface area contributed by atoms with Crippen molar-refractivity contribution in [3.05, 3.63) is 22.4 Å². The van der Waals surface area contributed by atoms with Gasteiger partial charge < -0.3 is 24.7 Å². The molecule has 34 heavy (non-hydrogen) atoms.